The average Bonchev–Trinajstić information content (AvgIpc) is 3.16. The topological polar surface area (TPSA) is 29.1 Å². The Morgan fingerprint density at radius 3 is 2.58 bits per heavy atom. The van der Waals surface area contributed by atoms with E-state index in [-0.39, 0.29) is 18.3 Å². The standard InChI is InChI=1S/C16H21NO.ClH/c18-16-14(8-10-17-9-7-12-5-6-12)11-13-3-1-2-4-15(13)16;/h1-4,12,14,17H,5-11H2;1H. The molecular weight excluding hydrogens is 258 g/mol. The van der Waals surface area contributed by atoms with Gasteiger partial charge in [-0.25, -0.2) is 0 Å². The van der Waals surface area contributed by atoms with Crippen LogP contribution in [0, 0.1) is 11.8 Å². The summed E-state index contributed by atoms with van der Waals surface area (Å²) in [7, 11) is 0. The Balaban J connectivity index is 0.00000133. The third kappa shape index (κ3) is 3.58. The van der Waals surface area contributed by atoms with Crippen LogP contribution >= 0.6 is 12.4 Å². The van der Waals surface area contributed by atoms with Gasteiger partial charge in [0.1, 0.15) is 0 Å². The minimum atomic E-state index is 0. The van der Waals surface area contributed by atoms with E-state index in [1.807, 2.05) is 18.2 Å². The van der Waals surface area contributed by atoms with Crippen molar-refractivity contribution in [1.29, 1.82) is 0 Å². The van der Waals surface area contributed by atoms with Crippen molar-refractivity contribution in [3.05, 3.63) is 35.4 Å². The van der Waals surface area contributed by atoms with E-state index in [1.54, 1.807) is 0 Å². The van der Waals surface area contributed by atoms with Gasteiger partial charge in [0.15, 0.2) is 5.78 Å². The van der Waals surface area contributed by atoms with Crippen molar-refractivity contribution in [1.82, 2.24) is 5.32 Å². The Kier molecular flexibility index (Phi) is 5.00. The number of carbonyl (C=O) groups excluding carboxylic acids is 1. The first-order chi connectivity index (χ1) is 8.84. The number of halogens is 1. The summed E-state index contributed by atoms with van der Waals surface area (Å²) in [5.41, 5.74) is 2.20. The lowest BCUT2D eigenvalue weighted by molar-refractivity contribution is 0.0931. The molecule has 2 aliphatic rings. The van der Waals surface area contributed by atoms with Gasteiger partial charge in [0.05, 0.1) is 0 Å². The predicted molar refractivity (Wildman–Crippen MR) is 80.0 cm³/mol. The maximum atomic E-state index is 12.2. The minimum Gasteiger partial charge on any atom is -0.317 e. The first-order valence-corrected chi connectivity index (χ1v) is 7.17. The first kappa shape index (κ1) is 14.5. The summed E-state index contributed by atoms with van der Waals surface area (Å²) in [6.45, 7) is 2.11. The zero-order valence-corrected chi connectivity index (χ0v) is 12.0. The summed E-state index contributed by atoms with van der Waals surface area (Å²) in [5, 5.41) is 3.48. The van der Waals surface area contributed by atoms with Crippen molar-refractivity contribution in [3.63, 3.8) is 0 Å². The van der Waals surface area contributed by atoms with Gasteiger partial charge >= 0.3 is 0 Å². The molecule has 2 nitrogen and oxygen atoms in total. The maximum Gasteiger partial charge on any atom is 0.166 e. The number of nitrogens with one attached hydrogen (secondary N) is 1. The molecular formula is C16H22ClNO. The molecule has 1 saturated carbocycles. The van der Waals surface area contributed by atoms with Gasteiger partial charge in [-0.1, -0.05) is 37.1 Å². The number of rotatable bonds is 6. The predicted octanol–water partition coefficient (Wildman–Crippen LogP) is 3.24. The van der Waals surface area contributed by atoms with Crippen LogP contribution in [0.2, 0.25) is 0 Å². The molecule has 0 spiro atoms. The van der Waals surface area contributed by atoms with Crippen LogP contribution in [-0.4, -0.2) is 18.9 Å². The van der Waals surface area contributed by atoms with E-state index < -0.39 is 0 Å². The van der Waals surface area contributed by atoms with Crippen molar-refractivity contribution in [2.75, 3.05) is 13.1 Å². The molecule has 0 amide bonds. The molecule has 1 N–H and O–H groups in total. The van der Waals surface area contributed by atoms with Crippen LogP contribution in [0.25, 0.3) is 0 Å². The fraction of sp³-hybridized carbons (Fsp3) is 0.562. The fourth-order valence-corrected chi connectivity index (χ4v) is 2.86. The lowest BCUT2D eigenvalue weighted by Gasteiger charge is -2.08. The molecule has 0 aromatic heterocycles. The van der Waals surface area contributed by atoms with E-state index in [0.717, 1.165) is 37.4 Å². The zero-order valence-electron chi connectivity index (χ0n) is 11.2. The molecule has 0 heterocycles. The second-order valence-electron chi connectivity index (χ2n) is 5.69. The average molecular weight is 280 g/mol. The maximum absolute atomic E-state index is 12.2. The van der Waals surface area contributed by atoms with Gasteiger partial charge in [0.2, 0.25) is 0 Å². The molecule has 1 aromatic carbocycles. The summed E-state index contributed by atoms with van der Waals surface area (Å²) in [6, 6.07) is 8.06. The number of hydrogen-bond acceptors (Lipinski definition) is 2. The zero-order chi connectivity index (χ0) is 12.4. The number of hydrogen-bond donors (Lipinski definition) is 1. The summed E-state index contributed by atoms with van der Waals surface area (Å²) >= 11 is 0. The van der Waals surface area contributed by atoms with Crippen LogP contribution in [0.4, 0.5) is 0 Å². The van der Waals surface area contributed by atoms with Gasteiger partial charge in [-0.3, -0.25) is 4.79 Å². The Hall–Kier alpha value is -0.860. The van der Waals surface area contributed by atoms with E-state index in [1.165, 1.54) is 24.8 Å². The van der Waals surface area contributed by atoms with Gasteiger partial charge in [-0.15, -0.1) is 12.4 Å². The second kappa shape index (κ2) is 6.53. The van der Waals surface area contributed by atoms with Crippen molar-refractivity contribution >= 4 is 18.2 Å². The number of Topliss-reactive ketones (excluding diaryl/α,β-unsaturated/α-hetero) is 1. The van der Waals surface area contributed by atoms with E-state index in [4.69, 9.17) is 0 Å². The summed E-state index contributed by atoms with van der Waals surface area (Å²) in [4.78, 5) is 12.2. The highest BCUT2D eigenvalue weighted by Crippen LogP contribution is 2.31. The highest BCUT2D eigenvalue weighted by molar-refractivity contribution is 6.02. The minimum absolute atomic E-state index is 0. The third-order valence-corrected chi connectivity index (χ3v) is 4.22. The quantitative estimate of drug-likeness (QED) is 0.810. The van der Waals surface area contributed by atoms with Gasteiger partial charge < -0.3 is 5.32 Å². The molecule has 3 rings (SSSR count). The van der Waals surface area contributed by atoms with Crippen molar-refractivity contribution in [2.45, 2.75) is 32.1 Å². The second-order valence-corrected chi connectivity index (χ2v) is 5.69. The summed E-state index contributed by atoms with van der Waals surface area (Å²) in [6.07, 6.45) is 6.10. The highest BCUT2D eigenvalue weighted by Gasteiger charge is 2.29. The van der Waals surface area contributed by atoms with Crippen LogP contribution in [0.5, 0.6) is 0 Å². The molecule has 0 saturated heterocycles. The molecule has 1 fully saturated rings. The Morgan fingerprint density at radius 2 is 1.84 bits per heavy atom. The summed E-state index contributed by atoms with van der Waals surface area (Å²) in [5.74, 6) is 1.57. The number of fused-ring (bicyclic) bond motifs is 1. The first-order valence-electron chi connectivity index (χ1n) is 7.17. The smallest absolute Gasteiger partial charge is 0.166 e. The van der Waals surface area contributed by atoms with Gasteiger partial charge in [0, 0.05) is 11.5 Å². The Labute approximate surface area is 121 Å². The largest absolute Gasteiger partial charge is 0.317 e. The van der Waals surface area contributed by atoms with Gasteiger partial charge in [0.25, 0.3) is 0 Å². The van der Waals surface area contributed by atoms with E-state index in [9.17, 15) is 4.79 Å². The van der Waals surface area contributed by atoms with E-state index in [2.05, 4.69) is 11.4 Å². The van der Waals surface area contributed by atoms with Crippen LogP contribution in [0.1, 0.15) is 41.6 Å². The Morgan fingerprint density at radius 1 is 1.11 bits per heavy atom. The lowest BCUT2D eigenvalue weighted by atomic mass is 10.0. The van der Waals surface area contributed by atoms with Crippen LogP contribution in [0.15, 0.2) is 24.3 Å². The van der Waals surface area contributed by atoms with E-state index in [0.29, 0.717) is 5.78 Å². The number of ketones is 1. The third-order valence-electron chi connectivity index (χ3n) is 4.22. The molecule has 2 aliphatic carbocycles. The molecule has 3 heteroatoms. The van der Waals surface area contributed by atoms with Gasteiger partial charge in [-0.2, -0.15) is 0 Å². The van der Waals surface area contributed by atoms with Crippen LogP contribution < -0.4 is 5.32 Å². The van der Waals surface area contributed by atoms with Gasteiger partial charge in [-0.05, 0) is 43.8 Å². The molecule has 19 heavy (non-hydrogen) atoms. The molecule has 0 bridgehead atoms. The Bertz CT molecular complexity index is 442. The van der Waals surface area contributed by atoms with Crippen LogP contribution in [-0.2, 0) is 6.42 Å². The van der Waals surface area contributed by atoms with Crippen molar-refractivity contribution in [3.8, 4) is 0 Å². The van der Waals surface area contributed by atoms with Crippen molar-refractivity contribution < 1.29 is 4.79 Å². The lowest BCUT2D eigenvalue weighted by Crippen LogP contribution is -2.22. The molecule has 104 valence electrons. The molecule has 0 aliphatic heterocycles. The highest BCUT2D eigenvalue weighted by atomic mass is 35.5. The summed E-state index contributed by atoms with van der Waals surface area (Å²) < 4.78 is 0. The monoisotopic (exact) mass is 279 g/mol. The normalized spacial score (nSPS) is 21.1. The van der Waals surface area contributed by atoms with E-state index >= 15 is 0 Å². The fourth-order valence-electron chi connectivity index (χ4n) is 2.86. The van der Waals surface area contributed by atoms with Crippen molar-refractivity contribution in [2.24, 2.45) is 11.8 Å². The SMILES string of the molecule is Cl.O=C1c2ccccc2CC1CCNCCC1CC1. The number of carbonyl (C=O) groups is 1. The van der Waals surface area contributed by atoms with Crippen LogP contribution in [0.3, 0.4) is 0 Å². The molecule has 1 atom stereocenters. The molecule has 1 unspecified atom stereocenters. The molecule has 1 aromatic rings. The number of benzene rings is 1. The molecule has 0 radical (unpaired) electrons.